The number of hydrogen-bond acceptors (Lipinski definition) is 4. The van der Waals surface area contributed by atoms with E-state index in [0.29, 0.717) is 5.56 Å². The van der Waals surface area contributed by atoms with Crippen LogP contribution in [0, 0.1) is 11.3 Å². The number of hydrogen-bond donors (Lipinski definition) is 0. The summed E-state index contributed by atoms with van der Waals surface area (Å²) in [6.07, 6.45) is -4.85. The third-order valence-electron chi connectivity index (χ3n) is 2.97. The molecular formula is C13H12F3N3O2. The van der Waals surface area contributed by atoms with Gasteiger partial charge in [0.15, 0.2) is 0 Å². The van der Waals surface area contributed by atoms with E-state index in [2.05, 4.69) is 4.98 Å². The molecule has 0 bridgehead atoms. The minimum atomic E-state index is -4.32. The van der Waals surface area contributed by atoms with Crippen molar-refractivity contribution < 1.29 is 22.7 Å². The normalized spacial score (nSPS) is 15.2. The first kappa shape index (κ1) is 15.1. The van der Waals surface area contributed by atoms with Gasteiger partial charge in [-0.1, -0.05) is 0 Å². The van der Waals surface area contributed by atoms with Crippen LogP contribution >= 0.6 is 0 Å². The lowest BCUT2D eigenvalue weighted by Gasteiger charge is -2.38. The van der Waals surface area contributed by atoms with Crippen molar-refractivity contribution in [1.29, 1.82) is 5.26 Å². The highest BCUT2D eigenvalue weighted by Crippen LogP contribution is 2.23. The van der Waals surface area contributed by atoms with Gasteiger partial charge in [-0.2, -0.15) is 18.4 Å². The number of carbonyl (C=O) groups is 1. The Labute approximate surface area is 118 Å². The molecule has 112 valence electrons. The van der Waals surface area contributed by atoms with Crippen molar-refractivity contribution in [3.8, 4) is 11.9 Å². The molecule has 1 aromatic heterocycles. The largest absolute Gasteiger partial charge is 0.471 e. The Kier molecular flexibility index (Phi) is 4.31. The molecule has 1 aromatic rings. The molecule has 0 aromatic carbocycles. The summed E-state index contributed by atoms with van der Waals surface area (Å²) in [5.41, 5.74) is 0.400. The number of likely N-dealkylation sites (tertiary alicyclic amines) is 1. The van der Waals surface area contributed by atoms with Gasteiger partial charge in [0.05, 0.1) is 31.1 Å². The number of nitrogens with zero attached hydrogens (tertiary/aromatic N) is 3. The number of aromatic nitrogens is 1. The highest BCUT2D eigenvalue weighted by molar-refractivity contribution is 5.77. The summed E-state index contributed by atoms with van der Waals surface area (Å²) in [7, 11) is 0. The predicted octanol–water partition coefficient (Wildman–Crippen LogP) is 1.89. The average Bonchev–Trinajstić information content (AvgIpc) is 2.39. The molecule has 21 heavy (non-hydrogen) atoms. The number of halogens is 3. The zero-order valence-electron chi connectivity index (χ0n) is 10.9. The van der Waals surface area contributed by atoms with Gasteiger partial charge in [-0.05, 0) is 6.07 Å². The molecule has 2 rings (SSSR count). The van der Waals surface area contributed by atoms with E-state index in [-0.39, 0.29) is 25.1 Å². The van der Waals surface area contributed by atoms with Crippen LogP contribution in [0.2, 0.25) is 0 Å². The molecule has 0 N–H and O–H groups in total. The second kappa shape index (κ2) is 5.99. The molecule has 1 saturated heterocycles. The van der Waals surface area contributed by atoms with Crippen LogP contribution in [0.4, 0.5) is 13.2 Å². The summed E-state index contributed by atoms with van der Waals surface area (Å²) in [5.74, 6) is -0.271. The lowest BCUT2D eigenvalue weighted by atomic mass is 10.1. The Morgan fingerprint density at radius 3 is 2.86 bits per heavy atom. The van der Waals surface area contributed by atoms with Gasteiger partial charge in [0.25, 0.3) is 0 Å². The molecule has 0 aliphatic carbocycles. The number of alkyl halides is 3. The van der Waals surface area contributed by atoms with E-state index in [1.807, 2.05) is 6.07 Å². The van der Waals surface area contributed by atoms with Gasteiger partial charge in [0.1, 0.15) is 6.10 Å². The van der Waals surface area contributed by atoms with Crippen molar-refractivity contribution in [3.05, 3.63) is 23.9 Å². The number of pyridine rings is 1. The molecule has 2 heterocycles. The molecule has 5 nitrogen and oxygen atoms in total. The van der Waals surface area contributed by atoms with Crippen molar-refractivity contribution in [2.45, 2.75) is 25.1 Å². The van der Waals surface area contributed by atoms with Gasteiger partial charge in [-0.15, -0.1) is 0 Å². The summed E-state index contributed by atoms with van der Waals surface area (Å²) in [4.78, 5) is 16.7. The smallest absolute Gasteiger partial charge is 0.389 e. The predicted molar refractivity (Wildman–Crippen MR) is 65.2 cm³/mol. The van der Waals surface area contributed by atoms with E-state index in [0.717, 1.165) is 0 Å². The quantitative estimate of drug-likeness (QED) is 0.851. The van der Waals surface area contributed by atoms with Crippen molar-refractivity contribution in [1.82, 2.24) is 9.88 Å². The molecule has 0 atom stereocenters. The van der Waals surface area contributed by atoms with Gasteiger partial charge in [-0.25, -0.2) is 4.98 Å². The molecule has 0 saturated carbocycles. The maximum Gasteiger partial charge on any atom is 0.389 e. The number of amides is 1. The van der Waals surface area contributed by atoms with E-state index in [4.69, 9.17) is 10.00 Å². The van der Waals surface area contributed by atoms with Crippen molar-refractivity contribution in [3.63, 3.8) is 0 Å². The topological polar surface area (TPSA) is 66.2 Å². The monoisotopic (exact) mass is 299 g/mol. The number of ether oxygens (including phenoxy) is 1. The second-order valence-corrected chi connectivity index (χ2v) is 4.65. The van der Waals surface area contributed by atoms with Gasteiger partial charge in [-0.3, -0.25) is 4.79 Å². The summed E-state index contributed by atoms with van der Waals surface area (Å²) in [6.45, 7) is 0.463. The van der Waals surface area contributed by atoms with E-state index < -0.39 is 24.9 Å². The maximum atomic E-state index is 12.0. The molecule has 1 aliphatic rings. The fraction of sp³-hybridized carbons (Fsp3) is 0.462. The fourth-order valence-corrected chi connectivity index (χ4v) is 1.84. The van der Waals surface area contributed by atoms with Gasteiger partial charge in [0.2, 0.25) is 11.8 Å². The summed E-state index contributed by atoms with van der Waals surface area (Å²) in [6, 6.07) is 4.94. The molecule has 0 spiro atoms. The Hall–Kier alpha value is -2.30. The van der Waals surface area contributed by atoms with Crippen LogP contribution in [-0.4, -0.2) is 41.2 Å². The third-order valence-corrected chi connectivity index (χ3v) is 2.97. The molecule has 1 amide bonds. The molecular weight excluding hydrogens is 287 g/mol. The molecule has 0 unspecified atom stereocenters. The Morgan fingerprint density at radius 1 is 1.52 bits per heavy atom. The van der Waals surface area contributed by atoms with Crippen LogP contribution in [0.1, 0.15) is 18.4 Å². The molecule has 0 radical (unpaired) electrons. The summed E-state index contributed by atoms with van der Waals surface area (Å²) < 4.78 is 41.5. The highest BCUT2D eigenvalue weighted by Gasteiger charge is 2.35. The van der Waals surface area contributed by atoms with Crippen LogP contribution < -0.4 is 4.74 Å². The number of carbonyl (C=O) groups excluding carboxylic acids is 1. The first-order valence-corrected chi connectivity index (χ1v) is 6.25. The van der Waals surface area contributed by atoms with Crippen LogP contribution in [0.15, 0.2) is 18.3 Å². The Balaban J connectivity index is 1.76. The van der Waals surface area contributed by atoms with Gasteiger partial charge >= 0.3 is 6.18 Å². The standard InChI is InChI=1S/C13H12F3N3O2/c14-13(15,16)3-1-12(20)19-7-10(8-19)21-11-5-9(6-17)2-4-18-11/h2,4-5,10H,1,3,7-8H2. The van der Waals surface area contributed by atoms with Crippen LogP contribution in [-0.2, 0) is 4.79 Å². The van der Waals surface area contributed by atoms with E-state index in [1.165, 1.54) is 23.2 Å². The van der Waals surface area contributed by atoms with Crippen LogP contribution in [0.5, 0.6) is 5.88 Å². The highest BCUT2D eigenvalue weighted by atomic mass is 19.4. The average molecular weight is 299 g/mol. The van der Waals surface area contributed by atoms with Crippen LogP contribution in [0.3, 0.4) is 0 Å². The van der Waals surface area contributed by atoms with Gasteiger partial charge in [0, 0.05) is 18.7 Å². The van der Waals surface area contributed by atoms with Crippen LogP contribution in [0.25, 0.3) is 0 Å². The first-order valence-electron chi connectivity index (χ1n) is 6.25. The maximum absolute atomic E-state index is 12.0. The molecule has 1 aliphatic heterocycles. The summed E-state index contributed by atoms with van der Waals surface area (Å²) in [5, 5.41) is 8.73. The van der Waals surface area contributed by atoms with E-state index in [1.54, 1.807) is 0 Å². The zero-order valence-corrected chi connectivity index (χ0v) is 10.9. The Morgan fingerprint density at radius 2 is 2.24 bits per heavy atom. The summed E-state index contributed by atoms with van der Waals surface area (Å²) >= 11 is 0. The minimum absolute atomic E-state index is 0.231. The third kappa shape index (κ3) is 4.34. The van der Waals surface area contributed by atoms with Gasteiger partial charge < -0.3 is 9.64 Å². The lowest BCUT2D eigenvalue weighted by molar-refractivity contribution is -0.154. The number of nitriles is 1. The van der Waals surface area contributed by atoms with Crippen molar-refractivity contribution >= 4 is 5.91 Å². The van der Waals surface area contributed by atoms with Crippen molar-refractivity contribution in [2.24, 2.45) is 0 Å². The minimum Gasteiger partial charge on any atom is -0.471 e. The number of rotatable bonds is 4. The SMILES string of the molecule is N#Cc1ccnc(OC2CN(C(=O)CCC(F)(F)F)C2)c1. The fourth-order valence-electron chi connectivity index (χ4n) is 1.84. The lowest BCUT2D eigenvalue weighted by Crippen LogP contribution is -2.56. The second-order valence-electron chi connectivity index (χ2n) is 4.65. The Bertz CT molecular complexity index is 563. The van der Waals surface area contributed by atoms with E-state index in [9.17, 15) is 18.0 Å². The molecule has 1 fully saturated rings. The molecule has 8 heteroatoms. The van der Waals surface area contributed by atoms with Crippen molar-refractivity contribution in [2.75, 3.05) is 13.1 Å². The first-order chi connectivity index (χ1) is 9.87. The zero-order chi connectivity index (χ0) is 15.5. The van der Waals surface area contributed by atoms with E-state index >= 15 is 0 Å².